The number of aromatic amines is 1. The highest BCUT2D eigenvalue weighted by Gasteiger charge is 2.32. The fourth-order valence-electron chi connectivity index (χ4n) is 5.53. The second kappa shape index (κ2) is 10.7. The largest absolute Gasteiger partial charge is 0.358 e. The molecule has 0 bridgehead atoms. The summed E-state index contributed by atoms with van der Waals surface area (Å²) in [4.78, 5) is 34.1. The number of anilines is 1. The highest BCUT2D eigenvalue weighted by Crippen LogP contribution is 2.43. The summed E-state index contributed by atoms with van der Waals surface area (Å²) < 4.78 is 44.0. The smallest absolute Gasteiger partial charge is 0.256 e. The van der Waals surface area contributed by atoms with Gasteiger partial charge < -0.3 is 20.1 Å². The molecule has 0 aliphatic carbocycles. The average Bonchev–Trinajstić information content (AvgIpc) is 3.34. The number of hydrogen-bond donors (Lipinski definition) is 2. The molecule has 2 aliphatic rings. The number of aryl methyl sites for hydroxylation is 1. The third kappa shape index (κ3) is 4.76. The van der Waals surface area contributed by atoms with E-state index in [1.165, 1.54) is 18.2 Å². The van der Waals surface area contributed by atoms with Gasteiger partial charge in [-0.3, -0.25) is 9.59 Å². The number of amides is 2. The molecule has 9 heteroatoms. The topological polar surface area (TPSA) is 68.4 Å². The van der Waals surface area contributed by atoms with Gasteiger partial charge in [-0.2, -0.15) is 0 Å². The molecule has 0 spiro atoms. The zero-order chi connectivity index (χ0) is 27.8. The molecule has 0 radical (unpaired) electrons. The van der Waals surface area contributed by atoms with Crippen LogP contribution in [-0.4, -0.2) is 59.3 Å². The summed E-state index contributed by atoms with van der Waals surface area (Å²) in [5.41, 5.74) is 2.71. The van der Waals surface area contributed by atoms with Crippen LogP contribution in [0.2, 0.25) is 0 Å². The second-order valence-electron chi connectivity index (χ2n) is 9.90. The van der Waals surface area contributed by atoms with Crippen molar-refractivity contribution in [2.45, 2.75) is 33.6 Å². The summed E-state index contributed by atoms with van der Waals surface area (Å²) in [6.07, 6.45) is 3.03. The monoisotopic (exact) mass is 536 g/mol. The number of rotatable bonds is 7. The van der Waals surface area contributed by atoms with E-state index in [4.69, 9.17) is 0 Å². The van der Waals surface area contributed by atoms with E-state index in [-0.39, 0.29) is 28.2 Å². The van der Waals surface area contributed by atoms with E-state index in [0.29, 0.717) is 42.0 Å². The predicted molar refractivity (Wildman–Crippen MR) is 146 cm³/mol. The van der Waals surface area contributed by atoms with Crippen molar-refractivity contribution in [3.05, 3.63) is 75.9 Å². The number of nitrogens with zero attached hydrogens (tertiary/aromatic N) is 2. The number of likely N-dealkylation sites (N-methyl/N-ethyl adjacent to an activating group) is 1. The van der Waals surface area contributed by atoms with E-state index in [1.807, 2.05) is 11.8 Å². The average molecular weight is 537 g/mol. The van der Waals surface area contributed by atoms with Gasteiger partial charge >= 0.3 is 0 Å². The molecule has 0 fully saturated rings. The molecule has 0 atom stereocenters. The van der Waals surface area contributed by atoms with E-state index in [9.17, 15) is 18.4 Å². The van der Waals surface area contributed by atoms with Crippen LogP contribution < -0.4 is 5.32 Å². The fraction of sp³-hybridized carbons (Fsp3) is 0.333. The molecule has 204 valence electrons. The van der Waals surface area contributed by atoms with E-state index in [2.05, 4.69) is 29.0 Å². The van der Waals surface area contributed by atoms with Crippen molar-refractivity contribution >= 4 is 29.2 Å². The van der Waals surface area contributed by atoms with Gasteiger partial charge in [0.05, 0.1) is 11.1 Å². The molecule has 2 aromatic carbocycles. The predicted octanol–water partition coefficient (Wildman–Crippen LogP) is 5.63. The summed E-state index contributed by atoms with van der Waals surface area (Å²) in [6, 6.07) is 6.06. The van der Waals surface area contributed by atoms with Gasteiger partial charge in [0.1, 0.15) is 5.82 Å². The maximum Gasteiger partial charge on any atom is 0.256 e. The number of halogens is 3. The maximum atomic E-state index is 15.1. The molecule has 2 aliphatic heterocycles. The molecule has 1 aromatic heterocycles. The van der Waals surface area contributed by atoms with Crippen LogP contribution in [-0.2, 0) is 11.2 Å². The van der Waals surface area contributed by atoms with Crippen LogP contribution in [0.3, 0.4) is 0 Å². The minimum Gasteiger partial charge on any atom is -0.358 e. The Labute approximate surface area is 225 Å². The Morgan fingerprint density at radius 1 is 1.00 bits per heavy atom. The SMILES string of the molecule is CCN(CC)CCN1CCCc2[nH]c(C=C3C(=O)Nc4ccc(F)c(-c5cccc(F)c5F)c43)c(C)c2C1=O. The molecule has 3 aromatic rings. The molecule has 0 saturated heterocycles. The summed E-state index contributed by atoms with van der Waals surface area (Å²) in [6.45, 7) is 9.91. The Morgan fingerprint density at radius 3 is 2.51 bits per heavy atom. The van der Waals surface area contributed by atoms with Crippen LogP contribution >= 0.6 is 0 Å². The zero-order valence-corrected chi connectivity index (χ0v) is 22.3. The van der Waals surface area contributed by atoms with Crippen LogP contribution in [0.25, 0.3) is 22.8 Å². The van der Waals surface area contributed by atoms with Crippen LogP contribution in [0.1, 0.15) is 53.1 Å². The third-order valence-electron chi connectivity index (χ3n) is 7.73. The standard InChI is InChI=1S/C30H31F3N4O2/c1-4-36(5-2)14-15-37-13-7-10-22-25(30(37)39)17(3)24(34-22)16-19-27-23(35-29(19)38)12-11-20(31)26(27)18-8-6-9-21(32)28(18)33/h6,8-9,11-12,16,34H,4-5,7,10,13-15H2,1-3H3,(H,35,38). The zero-order valence-electron chi connectivity index (χ0n) is 22.3. The van der Waals surface area contributed by atoms with Crippen LogP contribution in [0.4, 0.5) is 18.9 Å². The minimum absolute atomic E-state index is 0.0575. The van der Waals surface area contributed by atoms with Crippen molar-refractivity contribution in [1.29, 1.82) is 0 Å². The lowest BCUT2D eigenvalue weighted by Gasteiger charge is -2.25. The summed E-state index contributed by atoms with van der Waals surface area (Å²) in [5.74, 6) is -3.64. The Kier molecular flexibility index (Phi) is 7.36. The normalized spacial score (nSPS) is 16.1. The number of benzene rings is 2. The van der Waals surface area contributed by atoms with Gasteiger partial charge in [0.15, 0.2) is 11.6 Å². The van der Waals surface area contributed by atoms with E-state index >= 15 is 4.39 Å². The second-order valence-corrected chi connectivity index (χ2v) is 9.90. The molecule has 6 nitrogen and oxygen atoms in total. The molecule has 2 N–H and O–H groups in total. The summed E-state index contributed by atoms with van der Waals surface area (Å²) in [7, 11) is 0. The molecule has 0 unspecified atom stereocenters. The lowest BCUT2D eigenvalue weighted by atomic mass is 9.93. The van der Waals surface area contributed by atoms with Gasteiger partial charge in [0.25, 0.3) is 11.8 Å². The lowest BCUT2D eigenvalue weighted by molar-refractivity contribution is -0.110. The number of H-pyrrole nitrogens is 1. The third-order valence-corrected chi connectivity index (χ3v) is 7.73. The number of carbonyl (C=O) groups excluding carboxylic acids is 2. The van der Waals surface area contributed by atoms with Crippen LogP contribution in [0, 0.1) is 24.4 Å². The van der Waals surface area contributed by atoms with Gasteiger partial charge in [-0.15, -0.1) is 0 Å². The summed E-state index contributed by atoms with van der Waals surface area (Å²) in [5, 5.41) is 2.70. The van der Waals surface area contributed by atoms with Gasteiger partial charge in [-0.05, 0) is 62.7 Å². The van der Waals surface area contributed by atoms with Crippen LogP contribution in [0.5, 0.6) is 0 Å². The maximum absolute atomic E-state index is 15.1. The molecular formula is C30H31F3N4O2. The Morgan fingerprint density at radius 2 is 1.77 bits per heavy atom. The number of hydrogen-bond acceptors (Lipinski definition) is 3. The highest BCUT2D eigenvalue weighted by molar-refractivity contribution is 6.36. The number of carbonyl (C=O) groups is 2. The molecular weight excluding hydrogens is 505 g/mol. The van der Waals surface area contributed by atoms with E-state index < -0.39 is 23.4 Å². The van der Waals surface area contributed by atoms with Gasteiger partial charge in [-0.1, -0.05) is 26.0 Å². The first-order valence-corrected chi connectivity index (χ1v) is 13.3. The van der Waals surface area contributed by atoms with Crippen molar-refractivity contribution < 1.29 is 22.8 Å². The lowest BCUT2D eigenvalue weighted by Crippen LogP contribution is -2.38. The quantitative estimate of drug-likeness (QED) is 0.385. The van der Waals surface area contributed by atoms with Gasteiger partial charge in [-0.25, -0.2) is 13.2 Å². The Bertz CT molecular complexity index is 1490. The van der Waals surface area contributed by atoms with Crippen molar-refractivity contribution in [3.8, 4) is 11.1 Å². The summed E-state index contributed by atoms with van der Waals surface area (Å²) >= 11 is 0. The van der Waals surface area contributed by atoms with Crippen molar-refractivity contribution in [2.24, 2.45) is 0 Å². The van der Waals surface area contributed by atoms with Crippen molar-refractivity contribution in [1.82, 2.24) is 14.8 Å². The number of fused-ring (bicyclic) bond motifs is 2. The Balaban J connectivity index is 1.57. The molecule has 3 heterocycles. The van der Waals surface area contributed by atoms with E-state index in [0.717, 1.165) is 43.9 Å². The van der Waals surface area contributed by atoms with Gasteiger partial charge in [0, 0.05) is 53.4 Å². The highest BCUT2D eigenvalue weighted by atomic mass is 19.2. The first kappa shape index (κ1) is 26.7. The van der Waals surface area contributed by atoms with Crippen molar-refractivity contribution in [3.63, 3.8) is 0 Å². The van der Waals surface area contributed by atoms with Crippen LogP contribution in [0.15, 0.2) is 30.3 Å². The number of aromatic nitrogens is 1. The first-order chi connectivity index (χ1) is 18.7. The molecule has 39 heavy (non-hydrogen) atoms. The molecule has 5 rings (SSSR count). The first-order valence-electron chi connectivity index (χ1n) is 13.3. The molecule has 0 saturated carbocycles. The number of nitrogens with one attached hydrogen (secondary N) is 2. The van der Waals surface area contributed by atoms with Crippen molar-refractivity contribution in [2.75, 3.05) is 38.0 Å². The van der Waals surface area contributed by atoms with Gasteiger partial charge in [0.2, 0.25) is 0 Å². The van der Waals surface area contributed by atoms with E-state index in [1.54, 1.807) is 6.08 Å². The molecule has 2 amide bonds. The fourth-order valence-corrected chi connectivity index (χ4v) is 5.53. The Hall–Kier alpha value is -3.85. The minimum atomic E-state index is -1.19.